The Hall–Kier alpha value is -0.520. The molecule has 0 aromatic heterocycles. The van der Waals surface area contributed by atoms with Gasteiger partial charge in [-0.05, 0) is 82.5 Å². The summed E-state index contributed by atoms with van der Waals surface area (Å²) in [5.41, 5.74) is 6.87. The Bertz CT molecular complexity index is 506. The quantitative estimate of drug-likeness (QED) is 0.307. The Morgan fingerprint density at radius 3 is 1.52 bits per heavy atom. The van der Waals surface area contributed by atoms with Crippen LogP contribution >= 0.6 is 0 Å². The molecule has 2 aliphatic carbocycles. The van der Waals surface area contributed by atoms with E-state index >= 15 is 0 Å². The zero-order chi connectivity index (χ0) is 18.7. The van der Waals surface area contributed by atoms with Crippen LogP contribution in [-0.2, 0) is 0 Å². The number of hydrogen-bond donors (Lipinski definition) is 0. The highest BCUT2D eigenvalue weighted by molar-refractivity contribution is 5.26. The van der Waals surface area contributed by atoms with E-state index in [1.165, 1.54) is 44.9 Å². The molecule has 4 unspecified atom stereocenters. The van der Waals surface area contributed by atoms with Gasteiger partial charge in [0.05, 0.1) is 0 Å². The molecule has 0 spiro atoms. The van der Waals surface area contributed by atoms with Gasteiger partial charge in [-0.2, -0.15) is 0 Å². The van der Waals surface area contributed by atoms with E-state index in [9.17, 15) is 0 Å². The van der Waals surface area contributed by atoms with Gasteiger partial charge < -0.3 is 0 Å². The van der Waals surface area contributed by atoms with Crippen molar-refractivity contribution in [2.45, 2.75) is 100 Å². The van der Waals surface area contributed by atoms with Crippen LogP contribution in [0.2, 0.25) is 0 Å². The minimum Gasteiger partial charge on any atom is -0.0710 e. The van der Waals surface area contributed by atoms with Crippen LogP contribution in [0.15, 0.2) is 22.3 Å². The van der Waals surface area contributed by atoms with Gasteiger partial charge in [0.15, 0.2) is 0 Å². The molecule has 0 saturated carbocycles. The van der Waals surface area contributed by atoms with Crippen molar-refractivity contribution in [3.63, 3.8) is 0 Å². The summed E-state index contributed by atoms with van der Waals surface area (Å²) >= 11 is 0. The topological polar surface area (TPSA) is 0 Å². The number of unbranched alkanes of at least 4 members (excludes halogenated alkanes) is 3. The molecule has 0 heterocycles. The van der Waals surface area contributed by atoms with Crippen LogP contribution < -0.4 is 0 Å². The maximum Gasteiger partial charge on any atom is -0.0172 e. The van der Waals surface area contributed by atoms with Gasteiger partial charge in [-0.15, -0.1) is 0 Å². The minimum atomic E-state index is 0.788. The van der Waals surface area contributed by atoms with Crippen LogP contribution in [0.5, 0.6) is 0 Å². The molecule has 0 aromatic carbocycles. The second-order valence-electron chi connectivity index (χ2n) is 9.49. The Morgan fingerprint density at radius 1 is 0.560 bits per heavy atom. The molecule has 2 rings (SSSR count). The van der Waals surface area contributed by atoms with Gasteiger partial charge in [-0.3, -0.25) is 0 Å². The van der Waals surface area contributed by atoms with Crippen molar-refractivity contribution in [1.82, 2.24) is 0 Å². The molecule has 6 atom stereocenters. The van der Waals surface area contributed by atoms with Crippen molar-refractivity contribution in [3.8, 4) is 0 Å². The molecule has 0 fully saturated rings. The van der Waals surface area contributed by atoms with Gasteiger partial charge in [0, 0.05) is 0 Å². The molecule has 144 valence electrons. The van der Waals surface area contributed by atoms with Crippen molar-refractivity contribution in [2.75, 3.05) is 0 Å². The Kier molecular flexibility index (Phi) is 7.41. The van der Waals surface area contributed by atoms with Crippen molar-refractivity contribution >= 4 is 0 Å². The maximum absolute atomic E-state index is 2.55. The van der Waals surface area contributed by atoms with Gasteiger partial charge >= 0.3 is 0 Å². The van der Waals surface area contributed by atoms with Crippen molar-refractivity contribution in [1.29, 1.82) is 0 Å². The molecule has 2 aliphatic rings. The molecule has 25 heavy (non-hydrogen) atoms. The van der Waals surface area contributed by atoms with E-state index in [1.807, 2.05) is 0 Å². The van der Waals surface area contributed by atoms with Gasteiger partial charge in [-0.25, -0.2) is 0 Å². The van der Waals surface area contributed by atoms with E-state index < -0.39 is 0 Å². The third-order valence-corrected chi connectivity index (χ3v) is 8.45. The van der Waals surface area contributed by atoms with Crippen LogP contribution in [-0.4, -0.2) is 0 Å². The summed E-state index contributed by atoms with van der Waals surface area (Å²) in [6.45, 7) is 19.4. The lowest BCUT2D eigenvalue weighted by molar-refractivity contribution is 0.276. The summed E-state index contributed by atoms with van der Waals surface area (Å²) in [5.74, 6) is 5.02. The van der Waals surface area contributed by atoms with Crippen LogP contribution in [0.1, 0.15) is 100 Å². The normalized spacial score (nSPS) is 36.0. The highest BCUT2D eigenvalue weighted by atomic mass is 14.4. The fourth-order valence-electron chi connectivity index (χ4n) is 6.03. The van der Waals surface area contributed by atoms with Crippen LogP contribution in [0.4, 0.5) is 0 Å². The van der Waals surface area contributed by atoms with E-state index in [4.69, 9.17) is 0 Å². The Labute approximate surface area is 158 Å². The molecule has 0 heteroatoms. The van der Waals surface area contributed by atoms with Crippen molar-refractivity contribution in [2.24, 2.45) is 35.5 Å². The largest absolute Gasteiger partial charge is 0.0710 e. The Morgan fingerprint density at radius 2 is 1.04 bits per heavy atom. The molecular formula is C25H44. The van der Waals surface area contributed by atoms with Gasteiger partial charge in [0.2, 0.25) is 0 Å². The smallest absolute Gasteiger partial charge is 0.0172 e. The van der Waals surface area contributed by atoms with Gasteiger partial charge in [0.1, 0.15) is 0 Å². The van der Waals surface area contributed by atoms with E-state index in [0.717, 1.165) is 35.5 Å². The second-order valence-corrected chi connectivity index (χ2v) is 9.49. The number of hydrogen-bond acceptors (Lipinski definition) is 0. The summed E-state index contributed by atoms with van der Waals surface area (Å²) in [4.78, 5) is 0. The zero-order valence-corrected chi connectivity index (χ0v) is 18.4. The van der Waals surface area contributed by atoms with Crippen LogP contribution in [0, 0.1) is 35.5 Å². The van der Waals surface area contributed by atoms with E-state index in [0.29, 0.717) is 0 Å². The van der Waals surface area contributed by atoms with E-state index in [2.05, 4.69) is 55.4 Å². The summed E-state index contributed by atoms with van der Waals surface area (Å²) in [6.07, 6.45) is 9.85. The highest BCUT2D eigenvalue weighted by Crippen LogP contribution is 2.49. The SMILES string of the molecule is CCCCCCC1C(C)=C(C)[C@@H](CC[C@H]2C(C)=C(C)C(C)C2C)C1C. The van der Waals surface area contributed by atoms with Crippen LogP contribution in [0.25, 0.3) is 0 Å². The molecule has 0 saturated heterocycles. The monoisotopic (exact) mass is 344 g/mol. The molecule has 0 N–H and O–H groups in total. The van der Waals surface area contributed by atoms with E-state index in [1.54, 1.807) is 22.3 Å². The molecule has 0 nitrogen and oxygen atoms in total. The average Bonchev–Trinajstić information content (AvgIpc) is 2.90. The van der Waals surface area contributed by atoms with E-state index in [-0.39, 0.29) is 0 Å². The summed E-state index contributed by atoms with van der Waals surface area (Å²) in [7, 11) is 0. The fourth-order valence-corrected chi connectivity index (χ4v) is 6.03. The average molecular weight is 345 g/mol. The van der Waals surface area contributed by atoms with Gasteiger partial charge in [-0.1, -0.05) is 75.7 Å². The fraction of sp³-hybridized carbons (Fsp3) is 0.840. The number of allylic oxidation sites excluding steroid dienone is 4. The molecule has 0 bridgehead atoms. The predicted octanol–water partition coefficient (Wildman–Crippen LogP) is 8.19. The lowest BCUT2D eigenvalue weighted by atomic mass is 9.78. The minimum absolute atomic E-state index is 0.788. The molecule has 0 aromatic rings. The molecular weight excluding hydrogens is 300 g/mol. The first-order valence-corrected chi connectivity index (χ1v) is 11.2. The summed E-state index contributed by atoms with van der Waals surface area (Å²) < 4.78 is 0. The summed E-state index contributed by atoms with van der Waals surface area (Å²) in [5, 5.41) is 0. The highest BCUT2D eigenvalue weighted by Gasteiger charge is 2.38. The van der Waals surface area contributed by atoms with Crippen molar-refractivity contribution in [3.05, 3.63) is 22.3 Å². The summed E-state index contributed by atoms with van der Waals surface area (Å²) in [6, 6.07) is 0. The standard InChI is InChI=1S/C25H44/c1-9-10-11-12-13-23-20(6)21(7)25(22(23)8)15-14-24-18(4)16(2)17(3)19(24)5/h16,18,22-25H,9-15H2,1-8H3/t16?,18?,22?,23?,24-,25-/m1/s1. The number of rotatable bonds is 8. The molecule has 0 radical (unpaired) electrons. The predicted molar refractivity (Wildman–Crippen MR) is 113 cm³/mol. The molecule has 0 aliphatic heterocycles. The van der Waals surface area contributed by atoms with Crippen LogP contribution in [0.3, 0.4) is 0 Å². The van der Waals surface area contributed by atoms with Gasteiger partial charge in [0.25, 0.3) is 0 Å². The third-order valence-electron chi connectivity index (χ3n) is 8.45. The first kappa shape index (κ1) is 20.8. The van der Waals surface area contributed by atoms with Crippen molar-refractivity contribution < 1.29 is 0 Å². The molecule has 0 amide bonds. The second kappa shape index (κ2) is 8.92. The maximum atomic E-state index is 2.55. The first-order valence-electron chi connectivity index (χ1n) is 11.2. The first-order chi connectivity index (χ1) is 11.8. The lowest BCUT2D eigenvalue weighted by Crippen LogP contribution is -2.18. The lowest BCUT2D eigenvalue weighted by Gasteiger charge is -2.27. The Balaban J connectivity index is 1.94. The third kappa shape index (κ3) is 4.25. The zero-order valence-electron chi connectivity index (χ0n) is 18.4.